The third-order valence-corrected chi connectivity index (χ3v) is 3.86. The van der Waals surface area contributed by atoms with Crippen molar-refractivity contribution in [2.24, 2.45) is 5.73 Å². The molecule has 2 aromatic carbocycles. The summed E-state index contributed by atoms with van der Waals surface area (Å²) < 4.78 is 13.2. The molecule has 0 aromatic heterocycles. The summed E-state index contributed by atoms with van der Waals surface area (Å²) >= 11 is 1.55. The number of halogens is 1. The van der Waals surface area contributed by atoms with Gasteiger partial charge in [-0.1, -0.05) is 43.0 Å². The number of nitrogens with two attached hydrogens (primary N) is 1. The van der Waals surface area contributed by atoms with Crippen molar-refractivity contribution in [2.75, 3.05) is 0 Å². The van der Waals surface area contributed by atoms with Gasteiger partial charge in [0.2, 0.25) is 0 Å². The summed E-state index contributed by atoms with van der Waals surface area (Å²) in [4.78, 5) is 1.99. The lowest BCUT2D eigenvalue weighted by Crippen LogP contribution is -2.09. The molecular formula is C15H16FNS. The third kappa shape index (κ3) is 3.12. The zero-order valence-electron chi connectivity index (χ0n) is 10.3. The monoisotopic (exact) mass is 261 g/mol. The van der Waals surface area contributed by atoms with Gasteiger partial charge in [-0.2, -0.15) is 0 Å². The van der Waals surface area contributed by atoms with E-state index in [1.807, 2.05) is 30.3 Å². The Morgan fingerprint density at radius 2 is 1.94 bits per heavy atom. The van der Waals surface area contributed by atoms with Crippen molar-refractivity contribution in [1.29, 1.82) is 0 Å². The first-order chi connectivity index (χ1) is 8.70. The quantitative estimate of drug-likeness (QED) is 0.883. The minimum Gasteiger partial charge on any atom is -0.324 e. The molecule has 1 nitrogen and oxygen atoms in total. The molecule has 0 saturated heterocycles. The Hall–Kier alpha value is -1.32. The molecule has 0 spiro atoms. The molecule has 0 aliphatic carbocycles. The molecule has 0 radical (unpaired) electrons. The highest BCUT2D eigenvalue weighted by atomic mass is 32.2. The van der Waals surface area contributed by atoms with Gasteiger partial charge in [0.05, 0.1) is 0 Å². The van der Waals surface area contributed by atoms with Crippen LogP contribution in [0.5, 0.6) is 0 Å². The Morgan fingerprint density at radius 3 is 2.67 bits per heavy atom. The van der Waals surface area contributed by atoms with Crippen LogP contribution in [0.2, 0.25) is 0 Å². The van der Waals surface area contributed by atoms with Gasteiger partial charge in [0.25, 0.3) is 0 Å². The lowest BCUT2D eigenvalue weighted by Gasteiger charge is -2.14. The second-order valence-electron chi connectivity index (χ2n) is 4.11. The Kier molecular flexibility index (Phi) is 4.39. The van der Waals surface area contributed by atoms with Crippen LogP contribution in [0, 0.1) is 5.82 Å². The highest BCUT2D eigenvalue weighted by Crippen LogP contribution is 2.33. The van der Waals surface area contributed by atoms with Crippen LogP contribution in [0.25, 0.3) is 0 Å². The van der Waals surface area contributed by atoms with Crippen molar-refractivity contribution >= 4 is 11.8 Å². The summed E-state index contributed by atoms with van der Waals surface area (Å²) in [5.41, 5.74) is 7.21. The van der Waals surface area contributed by atoms with E-state index in [0.29, 0.717) is 0 Å². The van der Waals surface area contributed by atoms with E-state index in [1.165, 1.54) is 6.07 Å². The first-order valence-corrected chi connectivity index (χ1v) is 6.80. The smallest absolute Gasteiger partial charge is 0.124 e. The maximum absolute atomic E-state index is 13.2. The minimum absolute atomic E-state index is 0.0299. The van der Waals surface area contributed by atoms with E-state index >= 15 is 0 Å². The minimum atomic E-state index is -0.211. The molecule has 1 unspecified atom stereocenters. The molecule has 2 N–H and O–H groups in total. The van der Waals surface area contributed by atoms with Gasteiger partial charge in [0, 0.05) is 15.8 Å². The van der Waals surface area contributed by atoms with Crippen LogP contribution in [0.1, 0.15) is 24.9 Å². The molecular weight excluding hydrogens is 245 g/mol. The van der Waals surface area contributed by atoms with Crippen molar-refractivity contribution in [3.8, 4) is 0 Å². The molecule has 0 aliphatic rings. The first kappa shape index (κ1) is 13.1. The summed E-state index contributed by atoms with van der Waals surface area (Å²) in [7, 11) is 0. The SMILES string of the molecule is CCC(N)c1ccccc1Sc1cccc(F)c1. The Labute approximate surface area is 111 Å². The molecule has 0 aliphatic heterocycles. The summed E-state index contributed by atoms with van der Waals surface area (Å²) in [5, 5.41) is 0. The average molecular weight is 261 g/mol. The Bertz CT molecular complexity index is 527. The van der Waals surface area contributed by atoms with Crippen molar-refractivity contribution in [2.45, 2.75) is 29.2 Å². The number of benzene rings is 2. The van der Waals surface area contributed by atoms with Crippen molar-refractivity contribution in [3.05, 3.63) is 59.9 Å². The zero-order chi connectivity index (χ0) is 13.0. The lowest BCUT2D eigenvalue weighted by molar-refractivity contribution is 0.624. The standard InChI is InChI=1S/C15H16FNS/c1-2-14(17)13-8-3-4-9-15(13)18-12-7-5-6-11(16)10-12/h3-10,14H,2,17H2,1H3. The molecule has 18 heavy (non-hydrogen) atoms. The van der Waals surface area contributed by atoms with E-state index in [9.17, 15) is 4.39 Å². The molecule has 0 heterocycles. The van der Waals surface area contributed by atoms with Crippen LogP contribution >= 0.6 is 11.8 Å². The van der Waals surface area contributed by atoms with Crippen LogP contribution in [-0.4, -0.2) is 0 Å². The van der Waals surface area contributed by atoms with E-state index in [0.717, 1.165) is 21.8 Å². The Balaban J connectivity index is 2.29. The van der Waals surface area contributed by atoms with E-state index in [1.54, 1.807) is 23.9 Å². The Morgan fingerprint density at radius 1 is 1.17 bits per heavy atom. The summed E-state index contributed by atoms with van der Waals surface area (Å²) in [6.45, 7) is 2.06. The highest BCUT2D eigenvalue weighted by Gasteiger charge is 2.10. The number of hydrogen-bond acceptors (Lipinski definition) is 2. The second kappa shape index (κ2) is 6.03. The van der Waals surface area contributed by atoms with Gasteiger partial charge in [-0.3, -0.25) is 0 Å². The average Bonchev–Trinajstić information content (AvgIpc) is 2.38. The van der Waals surface area contributed by atoms with Crippen molar-refractivity contribution < 1.29 is 4.39 Å². The van der Waals surface area contributed by atoms with E-state index in [2.05, 4.69) is 6.92 Å². The molecule has 3 heteroatoms. The molecule has 0 bridgehead atoms. The van der Waals surface area contributed by atoms with Crippen LogP contribution in [-0.2, 0) is 0 Å². The fraction of sp³-hybridized carbons (Fsp3) is 0.200. The summed E-state index contributed by atoms with van der Waals surface area (Å²) in [5.74, 6) is -0.211. The number of hydrogen-bond donors (Lipinski definition) is 1. The van der Waals surface area contributed by atoms with E-state index in [4.69, 9.17) is 5.73 Å². The second-order valence-corrected chi connectivity index (χ2v) is 5.23. The summed E-state index contributed by atoms with van der Waals surface area (Å²) in [6, 6.07) is 14.7. The molecule has 0 saturated carbocycles. The van der Waals surface area contributed by atoms with Crippen molar-refractivity contribution in [1.82, 2.24) is 0 Å². The fourth-order valence-corrected chi connectivity index (χ4v) is 2.81. The molecule has 94 valence electrons. The van der Waals surface area contributed by atoms with Crippen LogP contribution in [0.3, 0.4) is 0 Å². The van der Waals surface area contributed by atoms with Gasteiger partial charge >= 0.3 is 0 Å². The highest BCUT2D eigenvalue weighted by molar-refractivity contribution is 7.99. The maximum atomic E-state index is 13.2. The van der Waals surface area contributed by atoms with Gasteiger partial charge in [0.15, 0.2) is 0 Å². The molecule has 2 rings (SSSR count). The molecule has 2 aromatic rings. The van der Waals surface area contributed by atoms with Gasteiger partial charge in [0.1, 0.15) is 5.82 Å². The molecule has 0 fully saturated rings. The van der Waals surface area contributed by atoms with E-state index < -0.39 is 0 Å². The lowest BCUT2D eigenvalue weighted by atomic mass is 10.1. The van der Waals surface area contributed by atoms with Gasteiger partial charge < -0.3 is 5.73 Å². The fourth-order valence-electron chi connectivity index (χ4n) is 1.76. The third-order valence-electron chi connectivity index (χ3n) is 2.78. The van der Waals surface area contributed by atoms with Crippen molar-refractivity contribution in [3.63, 3.8) is 0 Å². The van der Waals surface area contributed by atoms with Gasteiger partial charge in [-0.05, 0) is 36.2 Å². The first-order valence-electron chi connectivity index (χ1n) is 5.98. The maximum Gasteiger partial charge on any atom is 0.124 e. The van der Waals surface area contributed by atoms with Crippen LogP contribution in [0.4, 0.5) is 4.39 Å². The topological polar surface area (TPSA) is 26.0 Å². The molecule has 1 atom stereocenters. The normalized spacial score (nSPS) is 12.4. The summed E-state index contributed by atoms with van der Waals surface area (Å²) in [6.07, 6.45) is 0.890. The predicted molar refractivity (Wildman–Crippen MR) is 74.2 cm³/mol. The van der Waals surface area contributed by atoms with E-state index in [-0.39, 0.29) is 11.9 Å². The largest absolute Gasteiger partial charge is 0.324 e. The van der Waals surface area contributed by atoms with Crippen LogP contribution in [0.15, 0.2) is 58.3 Å². The zero-order valence-corrected chi connectivity index (χ0v) is 11.1. The molecule has 0 amide bonds. The number of rotatable bonds is 4. The van der Waals surface area contributed by atoms with Crippen LogP contribution < -0.4 is 5.73 Å². The van der Waals surface area contributed by atoms with Gasteiger partial charge in [-0.15, -0.1) is 0 Å². The van der Waals surface area contributed by atoms with Gasteiger partial charge in [-0.25, -0.2) is 4.39 Å². The predicted octanol–water partition coefficient (Wildman–Crippen LogP) is 4.39.